The number of benzene rings is 2. The summed E-state index contributed by atoms with van der Waals surface area (Å²) in [6.45, 7) is 1.67. The summed E-state index contributed by atoms with van der Waals surface area (Å²) >= 11 is 11.8. The molecule has 0 radical (unpaired) electrons. The number of hydrogen-bond acceptors (Lipinski definition) is 2. The summed E-state index contributed by atoms with van der Waals surface area (Å²) in [5, 5.41) is 4.14. The Balaban J connectivity index is 1.75. The van der Waals surface area contributed by atoms with E-state index in [1.165, 1.54) is 25.0 Å². The maximum atomic E-state index is 13.3. The van der Waals surface area contributed by atoms with Gasteiger partial charge < -0.3 is 4.57 Å². The second kappa shape index (κ2) is 7.35. The van der Waals surface area contributed by atoms with Crippen LogP contribution in [0.5, 0.6) is 0 Å². The summed E-state index contributed by atoms with van der Waals surface area (Å²) in [4.78, 5) is 0. The standard InChI is InChI=1S/C20H19ClFN3S/c21-16-5-9-18(10-6-16)25-19(15-3-7-17(22)8-4-15)12-24(20(25)26)13-23-11-14-1-2-14/h3-10,12,14,23H,1-2,11,13H2. The normalized spacial score (nSPS) is 13.9. The molecule has 6 heteroatoms. The molecule has 1 N–H and O–H groups in total. The fourth-order valence-corrected chi connectivity index (χ4v) is 3.43. The molecule has 0 saturated heterocycles. The molecule has 0 spiro atoms. The smallest absolute Gasteiger partial charge is 0.186 e. The first-order valence-electron chi connectivity index (χ1n) is 8.66. The van der Waals surface area contributed by atoms with Crippen molar-refractivity contribution in [3.05, 3.63) is 70.3 Å². The Morgan fingerprint density at radius 2 is 1.77 bits per heavy atom. The van der Waals surface area contributed by atoms with Crippen LogP contribution in [0.2, 0.25) is 5.02 Å². The van der Waals surface area contributed by atoms with E-state index in [9.17, 15) is 4.39 Å². The fraction of sp³-hybridized carbons (Fsp3) is 0.250. The topological polar surface area (TPSA) is 21.9 Å². The molecule has 1 aromatic heterocycles. The minimum Gasteiger partial charge on any atom is -0.310 e. The van der Waals surface area contributed by atoms with Crippen molar-refractivity contribution >= 4 is 23.8 Å². The van der Waals surface area contributed by atoms with Crippen LogP contribution in [-0.4, -0.2) is 15.7 Å². The fourth-order valence-electron chi connectivity index (χ4n) is 2.98. The van der Waals surface area contributed by atoms with Crippen LogP contribution in [0.25, 0.3) is 16.9 Å². The predicted molar refractivity (Wildman–Crippen MR) is 106 cm³/mol. The zero-order chi connectivity index (χ0) is 18.1. The SMILES string of the molecule is Fc1ccc(-c2cn(CNCC3CC3)c(=S)n2-c2ccc(Cl)cc2)cc1. The van der Waals surface area contributed by atoms with E-state index in [0.29, 0.717) is 16.5 Å². The maximum absolute atomic E-state index is 13.3. The molecule has 0 amide bonds. The van der Waals surface area contributed by atoms with Gasteiger partial charge in [0.2, 0.25) is 0 Å². The van der Waals surface area contributed by atoms with Gasteiger partial charge in [-0.2, -0.15) is 0 Å². The van der Waals surface area contributed by atoms with Gasteiger partial charge in [-0.15, -0.1) is 0 Å². The van der Waals surface area contributed by atoms with E-state index in [1.54, 1.807) is 12.1 Å². The van der Waals surface area contributed by atoms with E-state index in [4.69, 9.17) is 23.8 Å². The molecule has 1 fully saturated rings. The molecule has 26 heavy (non-hydrogen) atoms. The largest absolute Gasteiger partial charge is 0.310 e. The Kier molecular flexibility index (Phi) is 4.94. The maximum Gasteiger partial charge on any atom is 0.186 e. The lowest BCUT2D eigenvalue weighted by atomic mass is 10.1. The molecule has 4 rings (SSSR count). The Morgan fingerprint density at radius 3 is 2.42 bits per heavy atom. The van der Waals surface area contributed by atoms with Crippen molar-refractivity contribution in [2.45, 2.75) is 19.5 Å². The summed E-state index contributed by atoms with van der Waals surface area (Å²) in [5.74, 6) is 0.551. The van der Waals surface area contributed by atoms with E-state index >= 15 is 0 Å². The number of imidazole rings is 1. The quantitative estimate of drug-likeness (QED) is 0.570. The van der Waals surface area contributed by atoms with Crippen molar-refractivity contribution in [2.24, 2.45) is 5.92 Å². The van der Waals surface area contributed by atoms with E-state index in [-0.39, 0.29) is 5.82 Å². The molecular formula is C20H19ClFN3S. The number of rotatable bonds is 6. The number of aromatic nitrogens is 2. The lowest BCUT2D eigenvalue weighted by Gasteiger charge is -2.09. The summed E-state index contributed by atoms with van der Waals surface area (Å²) in [6.07, 6.45) is 4.64. The van der Waals surface area contributed by atoms with Gasteiger partial charge in [0.15, 0.2) is 4.77 Å². The number of nitrogens with one attached hydrogen (secondary N) is 1. The van der Waals surface area contributed by atoms with Crippen molar-refractivity contribution in [3.63, 3.8) is 0 Å². The Morgan fingerprint density at radius 1 is 1.08 bits per heavy atom. The van der Waals surface area contributed by atoms with Crippen LogP contribution in [0.15, 0.2) is 54.7 Å². The molecule has 0 unspecified atom stereocenters. The highest BCUT2D eigenvalue weighted by Crippen LogP contribution is 2.28. The van der Waals surface area contributed by atoms with Crippen molar-refractivity contribution in [1.82, 2.24) is 14.5 Å². The molecule has 1 saturated carbocycles. The van der Waals surface area contributed by atoms with Crippen molar-refractivity contribution < 1.29 is 4.39 Å². The zero-order valence-electron chi connectivity index (χ0n) is 14.2. The first kappa shape index (κ1) is 17.5. The van der Waals surface area contributed by atoms with Gasteiger partial charge in [0.25, 0.3) is 0 Å². The zero-order valence-corrected chi connectivity index (χ0v) is 15.7. The third kappa shape index (κ3) is 3.75. The Labute approximate surface area is 162 Å². The third-order valence-corrected chi connectivity index (χ3v) is 5.26. The van der Waals surface area contributed by atoms with Crippen LogP contribution in [-0.2, 0) is 6.67 Å². The molecule has 0 aliphatic heterocycles. The third-order valence-electron chi connectivity index (χ3n) is 4.59. The highest BCUT2D eigenvalue weighted by atomic mass is 35.5. The molecule has 3 nitrogen and oxygen atoms in total. The molecule has 1 heterocycles. The molecule has 134 valence electrons. The van der Waals surface area contributed by atoms with E-state index in [0.717, 1.165) is 29.4 Å². The van der Waals surface area contributed by atoms with Gasteiger partial charge in [0.05, 0.1) is 12.4 Å². The highest BCUT2D eigenvalue weighted by molar-refractivity contribution is 7.71. The number of halogens is 2. The number of nitrogens with zero attached hydrogens (tertiary/aromatic N) is 2. The lowest BCUT2D eigenvalue weighted by Crippen LogP contribution is -2.20. The monoisotopic (exact) mass is 387 g/mol. The van der Waals surface area contributed by atoms with Crippen LogP contribution in [0, 0.1) is 16.5 Å². The van der Waals surface area contributed by atoms with Crippen molar-refractivity contribution in [1.29, 1.82) is 0 Å². The minimum absolute atomic E-state index is 0.254. The van der Waals surface area contributed by atoms with Crippen molar-refractivity contribution in [3.8, 4) is 16.9 Å². The van der Waals surface area contributed by atoms with Crippen LogP contribution in [0.4, 0.5) is 4.39 Å². The van der Waals surface area contributed by atoms with E-state index < -0.39 is 0 Å². The van der Waals surface area contributed by atoms with Crippen LogP contribution in [0.3, 0.4) is 0 Å². The summed E-state index contributed by atoms with van der Waals surface area (Å²) < 4.78 is 18.1. The van der Waals surface area contributed by atoms with Crippen LogP contribution in [0.1, 0.15) is 12.8 Å². The second-order valence-electron chi connectivity index (χ2n) is 6.64. The predicted octanol–water partition coefficient (Wildman–Crippen LogP) is 5.42. The van der Waals surface area contributed by atoms with Gasteiger partial charge in [-0.05, 0) is 86.1 Å². The molecule has 0 atom stereocenters. The average molecular weight is 388 g/mol. The molecule has 1 aliphatic rings. The van der Waals surface area contributed by atoms with Gasteiger partial charge in [0, 0.05) is 22.5 Å². The van der Waals surface area contributed by atoms with Crippen molar-refractivity contribution in [2.75, 3.05) is 6.54 Å². The van der Waals surface area contributed by atoms with Crippen LogP contribution >= 0.6 is 23.8 Å². The molecule has 2 aromatic carbocycles. The van der Waals surface area contributed by atoms with Gasteiger partial charge in [-0.1, -0.05) is 11.6 Å². The van der Waals surface area contributed by atoms with Gasteiger partial charge in [-0.25, -0.2) is 4.39 Å². The van der Waals surface area contributed by atoms with Gasteiger partial charge in [-0.3, -0.25) is 9.88 Å². The first-order valence-corrected chi connectivity index (χ1v) is 9.45. The second-order valence-corrected chi connectivity index (χ2v) is 7.44. The molecule has 3 aromatic rings. The Bertz CT molecular complexity index is 956. The molecular weight excluding hydrogens is 369 g/mol. The molecule has 0 bridgehead atoms. The van der Waals surface area contributed by atoms with E-state index in [1.807, 2.05) is 39.6 Å². The highest BCUT2D eigenvalue weighted by Gasteiger charge is 2.20. The summed E-state index contributed by atoms with van der Waals surface area (Å²) in [5.41, 5.74) is 2.76. The first-order chi connectivity index (χ1) is 12.6. The Hall–Kier alpha value is -1.95. The average Bonchev–Trinajstić information content (AvgIpc) is 3.40. The van der Waals surface area contributed by atoms with Gasteiger partial charge >= 0.3 is 0 Å². The van der Waals surface area contributed by atoms with E-state index in [2.05, 4.69) is 5.32 Å². The summed E-state index contributed by atoms with van der Waals surface area (Å²) in [6, 6.07) is 14.0. The number of hydrogen-bond donors (Lipinski definition) is 1. The summed E-state index contributed by atoms with van der Waals surface area (Å²) in [7, 11) is 0. The van der Waals surface area contributed by atoms with Crippen LogP contribution < -0.4 is 5.32 Å². The lowest BCUT2D eigenvalue weighted by molar-refractivity contribution is 0.530. The van der Waals surface area contributed by atoms with Gasteiger partial charge in [0.1, 0.15) is 5.82 Å². The minimum atomic E-state index is -0.254. The molecule has 1 aliphatic carbocycles.